The second-order valence-corrected chi connectivity index (χ2v) is 4.55. The van der Waals surface area contributed by atoms with Crippen LogP contribution in [0.4, 0.5) is 0 Å². The molecule has 1 heterocycles. The molecule has 1 aliphatic rings. The molecule has 0 saturated carbocycles. The predicted molar refractivity (Wildman–Crippen MR) is 57.4 cm³/mol. The molecule has 0 bridgehead atoms. The molecule has 2 atom stereocenters. The van der Waals surface area contributed by atoms with Gasteiger partial charge in [-0.15, -0.1) is 0 Å². The number of oxime groups is 1. The summed E-state index contributed by atoms with van der Waals surface area (Å²) in [5.74, 6) is 1.87. The zero-order valence-corrected chi connectivity index (χ0v) is 9.11. The number of rotatable bonds is 3. The van der Waals surface area contributed by atoms with Crippen LogP contribution in [0.2, 0.25) is 0 Å². The van der Waals surface area contributed by atoms with E-state index in [1.165, 1.54) is 6.42 Å². The predicted octanol–water partition coefficient (Wildman–Crippen LogP) is 1.10. The van der Waals surface area contributed by atoms with E-state index in [4.69, 9.17) is 10.9 Å². The van der Waals surface area contributed by atoms with Crippen LogP contribution < -0.4 is 5.73 Å². The van der Waals surface area contributed by atoms with Gasteiger partial charge in [0.15, 0.2) is 0 Å². The summed E-state index contributed by atoms with van der Waals surface area (Å²) in [7, 11) is 0. The summed E-state index contributed by atoms with van der Waals surface area (Å²) in [6.07, 6.45) is 1.98. The molecule has 1 rings (SSSR count). The molecule has 0 aromatic carbocycles. The highest BCUT2D eigenvalue weighted by molar-refractivity contribution is 5.79. The standard InChI is InChI=1S/C10H21N3O/c1-8-5-9(2)7-13(6-8)4-3-10(11)12-14/h8-9,14H,3-7H2,1-2H3,(H2,11,12). The number of likely N-dealkylation sites (tertiary alicyclic amines) is 1. The first kappa shape index (κ1) is 11.3. The summed E-state index contributed by atoms with van der Waals surface area (Å²) in [4.78, 5) is 2.40. The van der Waals surface area contributed by atoms with E-state index in [2.05, 4.69) is 23.9 Å². The minimum absolute atomic E-state index is 0.330. The van der Waals surface area contributed by atoms with E-state index in [-0.39, 0.29) is 0 Å². The Kier molecular flexibility index (Phi) is 4.20. The molecular formula is C10H21N3O. The third-order valence-electron chi connectivity index (χ3n) is 2.76. The van der Waals surface area contributed by atoms with Gasteiger partial charge in [0.1, 0.15) is 5.84 Å². The van der Waals surface area contributed by atoms with Crippen LogP contribution in [0.5, 0.6) is 0 Å². The van der Waals surface area contributed by atoms with Gasteiger partial charge in [-0.25, -0.2) is 0 Å². The maximum Gasteiger partial charge on any atom is 0.140 e. The Bertz CT molecular complexity index is 196. The quantitative estimate of drug-likeness (QED) is 0.310. The van der Waals surface area contributed by atoms with Gasteiger partial charge in [-0.3, -0.25) is 0 Å². The zero-order valence-electron chi connectivity index (χ0n) is 9.11. The lowest BCUT2D eigenvalue weighted by atomic mass is 9.92. The van der Waals surface area contributed by atoms with Crippen LogP contribution in [0.3, 0.4) is 0 Å². The highest BCUT2D eigenvalue weighted by atomic mass is 16.4. The fourth-order valence-electron chi connectivity index (χ4n) is 2.30. The molecule has 82 valence electrons. The van der Waals surface area contributed by atoms with Crippen molar-refractivity contribution in [1.29, 1.82) is 0 Å². The summed E-state index contributed by atoms with van der Waals surface area (Å²) in [5, 5.41) is 11.4. The second kappa shape index (κ2) is 5.20. The van der Waals surface area contributed by atoms with Crippen molar-refractivity contribution in [1.82, 2.24) is 4.90 Å². The van der Waals surface area contributed by atoms with Crippen molar-refractivity contribution in [2.75, 3.05) is 19.6 Å². The van der Waals surface area contributed by atoms with Crippen molar-refractivity contribution in [3.63, 3.8) is 0 Å². The van der Waals surface area contributed by atoms with E-state index in [0.717, 1.165) is 31.5 Å². The molecule has 4 nitrogen and oxygen atoms in total. The van der Waals surface area contributed by atoms with Crippen molar-refractivity contribution in [2.45, 2.75) is 26.7 Å². The van der Waals surface area contributed by atoms with E-state index >= 15 is 0 Å². The molecular weight excluding hydrogens is 178 g/mol. The van der Waals surface area contributed by atoms with Gasteiger partial charge < -0.3 is 15.8 Å². The van der Waals surface area contributed by atoms with Crippen LogP contribution in [0.15, 0.2) is 5.16 Å². The third-order valence-corrected chi connectivity index (χ3v) is 2.76. The average molecular weight is 199 g/mol. The molecule has 1 saturated heterocycles. The van der Waals surface area contributed by atoms with E-state index in [9.17, 15) is 0 Å². The Morgan fingerprint density at radius 3 is 2.50 bits per heavy atom. The Morgan fingerprint density at radius 1 is 1.43 bits per heavy atom. The molecule has 0 spiro atoms. The molecule has 2 unspecified atom stereocenters. The fraction of sp³-hybridized carbons (Fsp3) is 0.900. The monoisotopic (exact) mass is 199 g/mol. The van der Waals surface area contributed by atoms with E-state index in [1.807, 2.05) is 0 Å². The van der Waals surface area contributed by atoms with Crippen LogP contribution in [0.1, 0.15) is 26.7 Å². The Balaban J connectivity index is 2.30. The molecule has 3 N–H and O–H groups in total. The van der Waals surface area contributed by atoms with Crippen LogP contribution in [-0.4, -0.2) is 35.6 Å². The van der Waals surface area contributed by atoms with Crippen LogP contribution in [0, 0.1) is 11.8 Å². The van der Waals surface area contributed by atoms with Crippen molar-refractivity contribution in [2.24, 2.45) is 22.7 Å². The number of hydrogen-bond acceptors (Lipinski definition) is 3. The van der Waals surface area contributed by atoms with E-state index in [0.29, 0.717) is 12.3 Å². The van der Waals surface area contributed by atoms with E-state index < -0.39 is 0 Å². The zero-order chi connectivity index (χ0) is 10.6. The lowest BCUT2D eigenvalue weighted by Crippen LogP contribution is -2.40. The van der Waals surface area contributed by atoms with Gasteiger partial charge in [-0.1, -0.05) is 19.0 Å². The molecule has 0 aromatic rings. The minimum Gasteiger partial charge on any atom is -0.409 e. The minimum atomic E-state index is 0.330. The lowest BCUT2D eigenvalue weighted by Gasteiger charge is -2.34. The molecule has 14 heavy (non-hydrogen) atoms. The van der Waals surface area contributed by atoms with Crippen molar-refractivity contribution < 1.29 is 5.21 Å². The lowest BCUT2D eigenvalue weighted by molar-refractivity contribution is 0.144. The van der Waals surface area contributed by atoms with E-state index in [1.54, 1.807) is 0 Å². The molecule has 0 radical (unpaired) electrons. The first-order valence-electron chi connectivity index (χ1n) is 5.30. The maximum absolute atomic E-state index is 8.41. The number of piperidine rings is 1. The second-order valence-electron chi connectivity index (χ2n) is 4.55. The third kappa shape index (κ3) is 3.54. The Hall–Kier alpha value is -0.770. The summed E-state index contributed by atoms with van der Waals surface area (Å²) in [5.41, 5.74) is 5.43. The first-order chi connectivity index (χ1) is 6.61. The molecule has 0 aliphatic carbocycles. The number of amidine groups is 1. The summed E-state index contributed by atoms with van der Waals surface area (Å²) >= 11 is 0. The molecule has 4 heteroatoms. The number of hydrogen-bond donors (Lipinski definition) is 2. The van der Waals surface area contributed by atoms with Gasteiger partial charge in [0.25, 0.3) is 0 Å². The number of nitrogens with zero attached hydrogens (tertiary/aromatic N) is 2. The highest BCUT2D eigenvalue weighted by Crippen LogP contribution is 2.20. The van der Waals surface area contributed by atoms with Crippen molar-refractivity contribution in [3.8, 4) is 0 Å². The van der Waals surface area contributed by atoms with Crippen LogP contribution >= 0.6 is 0 Å². The SMILES string of the molecule is CC1CC(C)CN(CC/C(N)=N/O)C1. The van der Waals surface area contributed by atoms with Crippen molar-refractivity contribution in [3.05, 3.63) is 0 Å². The summed E-state index contributed by atoms with van der Waals surface area (Å²) < 4.78 is 0. The highest BCUT2D eigenvalue weighted by Gasteiger charge is 2.21. The Morgan fingerprint density at radius 2 is 2.00 bits per heavy atom. The van der Waals surface area contributed by atoms with Gasteiger partial charge in [-0.05, 0) is 18.3 Å². The van der Waals surface area contributed by atoms with Gasteiger partial charge in [-0.2, -0.15) is 0 Å². The van der Waals surface area contributed by atoms with Gasteiger partial charge in [0.2, 0.25) is 0 Å². The van der Waals surface area contributed by atoms with Crippen LogP contribution in [-0.2, 0) is 0 Å². The van der Waals surface area contributed by atoms with Gasteiger partial charge in [0, 0.05) is 26.1 Å². The molecule has 1 aliphatic heterocycles. The topological polar surface area (TPSA) is 61.8 Å². The normalized spacial score (nSPS) is 30.6. The van der Waals surface area contributed by atoms with Crippen LogP contribution in [0.25, 0.3) is 0 Å². The molecule has 0 amide bonds. The van der Waals surface area contributed by atoms with Gasteiger partial charge in [0.05, 0.1) is 0 Å². The first-order valence-corrected chi connectivity index (χ1v) is 5.30. The average Bonchev–Trinajstić information content (AvgIpc) is 2.12. The largest absolute Gasteiger partial charge is 0.409 e. The summed E-state index contributed by atoms with van der Waals surface area (Å²) in [6, 6.07) is 0. The van der Waals surface area contributed by atoms with Crippen molar-refractivity contribution >= 4 is 5.84 Å². The molecule has 0 aromatic heterocycles. The Labute approximate surface area is 85.8 Å². The number of nitrogens with two attached hydrogens (primary N) is 1. The fourth-order valence-corrected chi connectivity index (χ4v) is 2.30. The summed E-state index contributed by atoms with van der Waals surface area (Å²) in [6.45, 7) is 7.76. The smallest absolute Gasteiger partial charge is 0.140 e. The van der Waals surface area contributed by atoms with Gasteiger partial charge >= 0.3 is 0 Å². The maximum atomic E-state index is 8.41. The molecule has 1 fully saturated rings.